The molecule has 2 aromatic carbocycles. The third-order valence-electron chi connectivity index (χ3n) is 7.53. The molecule has 0 aliphatic carbocycles. The van der Waals surface area contributed by atoms with Crippen molar-refractivity contribution in [3.8, 4) is 22.8 Å². The van der Waals surface area contributed by atoms with Gasteiger partial charge in [-0.05, 0) is 58.2 Å². The van der Waals surface area contributed by atoms with E-state index >= 15 is 0 Å². The summed E-state index contributed by atoms with van der Waals surface area (Å²) >= 11 is 0. The Morgan fingerprint density at radius 1 is 1.05 bits per heavy atom. The van der Waals surface area contributed by atoms with Crippen molar-refractivity contribution in [3.63, 3.8) is 0 Å². The Hall–Kier alpha value is -4.16. The molecular weight excluding hydrogens is 563 g/mol. The van der Waals surface area contributed by atoms with E-state index in [1.54, 1.807) is 36.3 Å². The number of methoxy groups -OCH3 is 2. The lowest BCUT2D eigenvalue weighted by atomic mass is 10.0. The van der Waals surface area contributed by atoms with Gasteiger partial charge >= 0.3 is 6.18 Å². The Morgan fingerprint density at radius 2 is 1.72 bits per heavy atom. The molecule has 0 aliphatic heterocycles. The zero-order valence-electron chi connectivity index (χ0n) is 25.0. The molecule has 0 radical (unpaired) electrons. The van der Waals surface area contributed by atoms with Gasteiger partial charge in [-0.2, -0.15) is 18.3 Å². The van der Waals surface area contributed by atoms with Crippen molar-refractivity contribution in [2.45, 2.75) is 39.0 Å². The van der Waals surface area contributed by atoms with E-state index in [0.29, 0.717) is 28.1 Å². The first-order valence-corrected chi connectivity index (χ1v) is 13.8. The summed E-state index contributed by atoms with van der Waals surface area (Å²) in [4.78, 5) is 21.9. The van der Waals surface area contributed by atoms with Gasteiger partial charge in [-0.1, -0.05) is 18.2 Å². The number of halogens is 3. The molecule has 0 unspecified atom stereocenters. The maximum absolute atomic E-state index is 14.4. The number of carbonyl (C=O) groups excluding carboxylic acids is 1. The first kappa shape index (κ1) is 31.8. The highest BCUT2D eigenvalue weighted by molar-refractivity contribution is 6.00. The first-order valence-electron chi connectivity index (χ1n) is 13.8. The van der Waals surface area contributed by atoms with Crippen LogP contribution in [0.3, 0.4) is 0 Å². The molecule has 0 bridgehead atoms. The highest BCUT2D eigenvalue weighted by Crippen LogP contribution is 2.37. The van der Waals surface area contributed by atoms with Gasteiger partial charge in [0.2, 0.25) is 0 Å². The number of aliphatic hydroxyl groups excluding tert-OH is 1. The van der Waals surface area contributed by atoms with Gasteiger partial charge in [-0.3, -0.25) is 9.69 Å². The van der Waals surface area contributed by atoms with Crippen LogP contribution in [-0.4, -0.2) is 82.4 Å². The highest BCUT2D eigenvalue weighted by atomic mass is 19.4. The van der Waals surface area contributed by atoms with Crippen molar-refractivity contribution in [1.29, 1.82) is 0 Å². The van der Waals surface area contributed by atoms with E-state index in [4.69, 9.17) is 9.47 Å². The van der Waals surface area contributed by atoms with Crippen molar-refractivity contribution in [3.05, 3.63) is 77.1 Å². The van der Waals surface area contributed by atoms with Gasteiger partial charge in [0.1, 0.15) is 17.1 Å². The van der Waals surface area contributed by atoms with Crippen molar-refractivity contribution >= 4 is 11.6 Å². The van der Waals surface area contributed by atoms with Gasteiger partial charge < -0.3 is 19.5 Å². The minimum atomic E-state index is -4.75. The number of carbonyl (C=O) groups is 1. The second-order valence-electron chi connectivity index (χ2n) is 10.5. The van der Waals surface area contributed by atoms with Gasteiger partial charge in [0.05, 0.1) is 38.8 Å². The minimum Gasteiger partial charge on any atom is -0.497 e. The Labute approximate surface area is 248 Å². The van der Waals surface area contributed by atoms with Crippen LogP contribution >= 0.6 is 0 Å². The van der Waals surface area contributed by atoms with Crippen molar-refractivity contribution in [2.24, 2.45) is 0 Å². The predicted molar refractivity (Wildman–Crippen MR) is 156 cm³/mol. The maximum Gasteiger partial charge on any atom is 0.433 e. The van der Waals surface area contributed by atoms with E-state index in [2.05, 4.69) is 10.1 Å². The number of benzene rings is 2. The lowest BCUT2D eigenvalue weighted by Gasteiger charge is -2.32. The molecule has 2 aromatic heterocycles. The van der Waals surface area contributed by atoms with E-state index in [9.17, 15) is 23.1 Å². The van der Waals surface area contributed by atoms with Gasteiger partial charge in [-0.25, -0.2) is 9.50 Å². The Morgan fingerprint density at radius 3 is 2.30 bits per heavy atom. The quantitative estimate of drug-likeness (QED) is 0.252. The molecule has 1 N–H and O–H groups in total. The fourth-order valence-electron chi connectivity index (χ4n) is 5.17. The molecule has 1 atom stereocenters. The third-order valence-corrected chi connectivity index (χ3v) is 7.53. The second kappa shape index (κ2) is 13.0. The number of fused-ring (bicyclic) bond motifs is 1. The molecular formula is C31H36F3N5O4. The van der Waals surface area contributed by atoms with Crippen LogP contribution in [0.2, 0.25) is 0 Å². The number of alkyl halides is 3. The average molecular weight is 600 g/mol. The maximum atomic E-state index is 14.4. The lowest BCUT2D eigenvalue weighted by Crippen LogP contribution is -2.43. The van der Waals surface area contributed by atoms with E-state index in [1.807, 2.05) is 50.1 Å². The van der Waals surface area contributed by atoms with Crippen LogP contribution in [0.5, 0.6) is 11.5 Å². The number of hydrogen-bond donors (Lipinski definition) is 1. The fraction of sp³-hybridized carbons (Fsp3) is 0.387. The number of amides is 1. The molecule has 2 heterocycles. The van der Waals surface area contributed by atoms with Crippen LogP contribution < -0.4 is 9.47 Å². The molecule has 0 aliphatic rings. The molecule has 0 spiro atoms. The van der Waals surface area contributed by atoms with E-state index < -0.39 is 23.8 Å². The number of hydrogen-bond acceptors (Lipinski definition) is 7. The van der Waals surface area contributed by atoms with Crippen LogP contribution in [0, 0.1) is 6.92 Å². The molecule has 4 aromatic rings. The van der Waals surface area contributed by atoms with E-state index in [0.717, 1.165) is 11.8 Å². The largest absolute Gasteiger partial charge is 0.497 e. The van der Waals surface area contributed by atoms with Gasteiger partial charge in [0.15, 0.2) is 11.3 Å². The number of ether oxygens (including phenoxy) is 2. The number of rotatable bonds is 11. The molecule has 1 amide bonds. The van der Waals surface area contributed by atoms with Crippen LogP contribution in [0.15, 0.2) is 54.7 Å². The Kier molecular flexibility index (Phi) is 9.61. The third kappa shape index (κ3) is 6.45. The number of para-hydroxylation sites is 1. The topological polar surface area (TPSA) is 92.4 Å². The molecule has 4 rings (SSSR count). The van der Waals surface area contributed by atoms with Crippen molar-refractivity contribution < 1.29 is 32.5 Å². The molecule has 230 valence electrons. The Bertz CT molecular complexity index is 1570. The summed E-state index contributed by atoms with van der Waals surface area (Å²) in [6.07, 6.45) is -3.61. The molecule has 43 heavy (non-hydrogen) atoms. The molecule has 12 heteroatoms. The summed E-state index contributed by atoms with van der Waals surface area (Å²) in [7, 11) is 4.88. The predicted octanol–water partition coefficient (Wildman–Crippen LogP) is 5.26. The standard InChI is InChI=1S/C31H36F3N5O4/c1-19(2)38(16-15-37(4)25(18-40)23-9-7-8-10-26(23)43-6)30(41)24-17-35-39-28(31(32,33)34)20(3)27(36-29(24)39)21-11-13-22(42-5)14-12-21/h7-14,17,19,25,40H,15-16,18H2,1-6H3/t25-/m1/s1. The van der Waals surface area contributed by atoms with Gasteiger partial charge in [0, 0.05) is 35.8 Å². The van der Waals surface area contributed by atoms with Crippen LogP contribution in [0.4, 0.5) is 13.2 Å². The smallest absolute Gasteiger partial charge is 0.433 e. The minimum absolute atomic E-state index is 0.0416. The second-order valence-corrected chi connectivity index (χ2v) is 10.5. The number of likely N-dealkylation sites (N-methyl/N-ethyl adjacent to an activating group) is 1. The van der Waals surface area contributed by atoms with E-state index in [-0.39, 0.29) is 41.7 Å². The first-order chi connectivity index (χ1) is 20.4. The highest BCUT2D eigenvalue weighted by Gasteiger charge is 2.39. The zero-order chi connectivity index (χ0) is 31.5. The normalized spacial score (nSPS) is 12.7. The summed E-state index contributed by atoms with van der Waals surface area (Å²) in [5.74, 6) is 0.679. The molecule has 0 saturated carbocycles. The Balaban J connectivity index is 1.70. The summed E-state index contributed by atoms with van der Waals surface area (Å²) in [5, 5.41) is 14.2. The van der Waals surface area contributed by atoms with E-state index in [1.165, 1.54) is 14.0 Å². The number of nitrogens with zero attached hydrogens (tertiary/aromatic N) is 5. The number of aliphatic hydroxyl groups is 1. The number of aromatic nitrogens is 3. The summed E-state index contributed by atoms with van der Waals surface area (Å²) in [6, 6.07) is 13.2. The summed E-state index contributed by atoms with van der Waals surface area (Å²) < 4.78 is 54.4. The SMILES string of the molecule is COc1ccc(-c2nc3c(C(=O)N(CCN(C)[C@H](CO)c4ccccc4OC)C(C)C)cnn3c(C(F)(F)F)c2C)cc1. The molecule has 0 fully saturated rings. The lowest BCUT2D eigenvalue weighted by molar-refractivity contribution is -0.143. The molecule has 9 nitrogen and oxygen atoms in total. The molecule has 0 saturated heterocycles. The zero-order valence-corrected chi connectivity index (χ0v) is 25.0. The van der Waals surface area contributed by atoms with Crippen molar-refractivity contribution in [1.82, 2.24) is 24.4 Å². The van der Waals surface area contributed by atoms with Crippen LogP contribution in [-0.2, 0) is 6.18 Å². The monoisotopic (exact) mass is 599 g/mol. The van der Waals surface area contributed by atoms with Crippen LogP contribution in [0.25, 0.3) is 16.9 Å². The van der Waals surface area contributed by atoms with Crippen molar-refractivity contribution in [2.75, 3.05) is 41.0 Å². The average Bonchev–Trinajstić information content (AvgIpc) is 3.39. The summed E-state index contributed by atoms with van der Waals surface area (Å²) in [6.45, 7) is 5.42. The summed E-state index contributed by atoms with van der Waals surface area (Å²) in [5.41, 5.74) is -0.00251. The van der Waals surface area contributed by atoms with Crippen LogP contribution in [0.1, 0.15) is 47.1 Å². The fourth-order valence-corrected chi connectivity index (χ4v) is 5.17. The van der Waals surface area contributed by atoms with Gasteiger partial charge in [0.25, 0.3) is 5.91 Å². The van der Waals surface area contributed by atoms with Gasteiger partial charge in [-0.15, -0.1) is 0 Å².